The van der Waals surface area contributed by atoms with E-state index in [-0.39, 0.29) is 17.8 Å². The second-order valence-corrected chi connectivity index (χ2v) is 7.07. The lowest BCUT2D eigenvalue weighted by molar-refractivity contribution is -0.140. The molecule has 2 aromatic rings. The van der Waals surface area contributed by atoms with Gasteiger partial charge in [-0.1, -0.05) is 37.9 Å². The van der Waals surface area contributed by atoms with E-state index in [9.17, 15) is 9.59 Å². The SMILES string of the molecule is COC(=O)CCCCCNC(=O)c1cnn(-c2cccc(Cl)c2)c1C(C)C. The molecule has 0 saturated carbocycles. The summed E-state index contributed by atoms with van der Waals surface area (Å²) in [6.45, 7) is 4.61. The quantitative estimate of drug-likeness (QED) is 0.515. The molecule has 0 aliphatic rings. The molecular weight excluding hydrogens is 366 g/mol. The van der Waals surface area contributed by atoms with Crippen LogP contribution in [0.2, 0.25) is 5.02 Å². The molecule has 0 atom stereocenters. The number of esters is 1. The molecule has 1 aromatic carbocycles. The van der Waals surface area contributed by atoms with Gasteiger partial charge in [0.05, 0.1) is 30.3 Å². The number of halogens is 1. The standard InChI is InChI=1S/C20H26ClN3O3/c1-14(2)19-17(13-23-24(19)16-9-7-8-15(21)12-16)20(26)22-11-6-4-5-10-18(25)27-3/h7-9,12-14H,4-6,10-11H2,1-3H3,(H,22,26). The molecule has 146 valence electrons. The van der Waals surface area contributed by atoms with Crippen molar-refractivity contribution in [1.82, 2.24) is 15.1 Å². The molecule has 0 radical (unpaired) electrons. The number of methoxy groups -OCH3 is 1. The van der Waals surface area contributed by atoms with Crippen LogP contribution in [0, 0.1) is 0 Å². The van der Waals surface area contributed by atoms with Crippen LogP contribution < -0.4 is 5.32 Å². The Labute approximate surface area is 164 Å². The van der Waals surface area contributed by atoms with E-state index in [1.54, 1.807) is 16.9 Å². The van der Waals surface area contributed by atoms with Gasteiger partial charge in [0.25, 0.3) is 5.91 Å². The third-order valence-corrected chi connectivity index (χ3v) is 4.46. The van der Waals surface area contributed by atoms with Gasteiger partial charge in [0.1, 0.15) is 0 Å². The van der Waals surface area contributed by atoms with Gasteiger partial charge in [0.2, 0.25) is 0 Å². The Bertz CT molecular complexity index is 787. The van der Waals surface area contributed by atoms with Gasteiger partial charge in [-0.05, 0) is 37.0 Å². The predicted octanol–water partition coefficient (Wildman–Crippen LogP) is 4.11. The van der Waals surface area contributed by atoms with Gasteiger partial charge in [-0.25, -0.2) is 4.68 Å². The molecule has 0 fully saturated rings. The Morgan fingerprint density at radius 2 is 2.04 bits per heavy atom. The van der Waals surface area contributed by atoms with Crippen LogP contribution in [0.5, 0.6) is 0 Å². The van der Waals surface area contributed by atoms with Crippen LogP contribution in [0.15, 0.2) is 30.5 Å². The summed E-state index contributed by atoms with van der Waals surface area (Å²) in [5.41, 5.74) is 2.24. The van der Waals surface area contributed by atoms with Crippen LogP contribution in [-0.2, 0) is 9.53 Å². The number of nitrogens with zero attached hydrogens (tertiary/aromatic N) is 2. The lowest BCUT2D eigenvalue weighted by atomic mass is 10.0. The van der Waals surface area contributed by atoms with Crippen molar-refractivity contribution in [3.8, 4) is 5.69 Å². The van der Waals surface area contributed by atoms with Crippen molar-refractivity contribution in [3.05, 3.63) is 46.7 Å². The Hall–Kier alpha value is -2.34. The Balaban J connectivity index is 1.99. The average molecular weight is 392 g/mol. The van der Waals surface area contributed by atoms with E-state index in [4.69, 9.17) is 11.6 Å². The number of benzene rings is 1. The number of rotatable bonds is 9. The normalized spacial score (nSPS) is 10.9. The van der Waals surface area contributed by atoms with Gasteiger partial charge in [0, 0.05) is 18.0 Å². The summed E-state index contributed by atoms with van der Waals surface area (Å²) < 4.78 is 6.37. The molecule has 2 rings (SSSR count). The molecule has 0 spiro atoms. The second kappa shape index (κ2) is 10.1. The first-order valence-electron chi connectivity index (χ1n) is 9.13. The molecule has 1 N–H and O–H groups in total. The molecule has 27 heavy (non-hydrogen) atoms. The summed E-state index contributed by atoms with van der Waals surface area (Å²) in [5, 5.41) is 7.96. The number of unbranched alkanes of at least 4 members (excludes halogenated alkanes) is 2. The summed E-state index contributed by atoms with van der Waals surface area (Å²) in [6, 6.07) is 7.39. The van der Waals surface area contributed by atoms with E-state index >= 15 is 0 Å². The smallest absolute Gasteiger partial charge is 0.305 e. The van der Waals surface area contributed by atoms with E-state index in [0.29, 0.717) is 23.6 Å². The van der Waals surface area contributed by atoms with Crippen LogP contribution >= 0.6 is 11.6 Å². The lowest BCUT2D eigenvalue weighted by Crippen LogP contribution is -2.25. The van der Waals surface area contributed by atoms with Crippen molar-refractivity contribution in [3.63, 3.8) is 0 Å². The lowest BCUT2D eigenvalue weighted by Gasteiger charge is -2.13. The maximum Gasteiger partial charge on any atom is 0.305 e. The fraction of sp³-hybridized carbons (Fsp3) is 0.450. The maximum absolute atomic E-state index is 12.6. The highest BCUT2D eigenvalue weighted by Crippen LogP contribution is 2.24. The molecular formula is C20H26ClN3O3. The zero-order valence-corrected chi connectivity index (χ0v) is 16.8. The highest BCUT2D eigenvalue weighted by molar-refractivity contribution is 6.30. The molecule has 1 aromatic heterocycles. The van der Waals surface area contributed by atoms with Crippen molar-refractivity contribution in [2.75, 3.05) is 13.7 Å². The molecule has 6 nitrogen and oxygen atoms in total. The first kappa shape index (κ1) is 21.0. The number of carbonyl (C=O) groups is 2. The summed E-state index contributed by atoms with van der Waals surface area (Å²) in [4.78, 5) is 23.7. The summed E-state index contributed by atoms with van der Waals surface area (Å²) >= 11 is 6.09. The van der Waals surface area contributed by atoms with Crippen molar-refractivity contribution in [1.29, 1.82) is 0 Å². The van der Waals surface area contributed by atoms with Crippen molar-refractivity contribution >= 4 is 23.5 Å². The molecule has 0 aliphatic carbocycles. The fourth-order valence-electron chi connectivity index (χ4n) is 2.87. The largest absolute Gasteiger partial charge is 0.469 e. The second-order valence-electron chi connectivity index (χ2n) is 6.63. The number of carbonyl (C=O) groups excluding carboxylic acids is 2. The minimum absolute atomic E-state index is 0.118. The molecule has 1 amide bonds. The number of nitrogens with one attached hydrogen (secondary N) is 1. The average Bonchev–Trinajstić information content (AvgIpc) is 3.09. The van der Waals surface area contributed by atoms with E-state index < -0.39 is 0 Å². The zero-order valence-electron chi connectivity index (χ0n) is 16.0. The van der Waals surface area contributed by atoms with Gasteiger partial charge in [0.15, 0.2) is 0 Å². The fourth-order valence-corrected chi connectivity index (χ4v) is 3.06. The van der Waals surface area contributed by atoms with Crippen LogP contribution in [0.25, 0.3) is 5.69 Å². The van der Waals surface area contributed by atoms with Gasteiger partial charge in [-0.15, -0.1) is 0 Å². The molecule has 0 aliphatic heterocycles. The Morgan fingerprint density at radius 3 is 2.70 bits per heavy atom. The van der Waals surface area contributed by atoms with Gasteiger partial charge in [-0.3, -0.25) is 9.59 Å². The number of hydrogen-bond donors (Lipinski definition) is 1. The number of ether oxygens (including phenoxy) is 1. The van der Waals surface area contributed by atoms with E-state index in [0.717, 1.165) is 30.6 Å². The monoisotopic (exact) mass is 391 g/mol. The minimum Gasteiger partial charge on any atom is -0.469 e. The van der Waals surface area contributed by atoms with Crippen LogP contribution in [0.1, 0.15) is 61.5 Å². The van der Waals surface area contributed by atoms with Gasteiger partial charge >= 0.3 is 5.97 Å². The minimum atomic E-state index is -0.200. The summed E-state index contributed by atoms with van der Waals surface area (Å²) in [5.74, 6) is -0.221. The molecule has 0 unspecified atom stereocenters. The Kier molecular flexibility index (Phi) is 7.85. The molecule has 0 bridgehead atoms. The van der Waals surface area contributed by atoms with Gasteiger partial charge < -0.3 is 10.1 Å². The van der Waals surface area contributed by atoms with Gasteiger partial charge in [-0.2, -0.15) is 5.10 Å². The molecule has 1 heterocycles. The topological polar surface area (TPSA) is 73.2 Å². The van der Waals surface area contributed by atoms with Crippen molar-refractivity contribution in [2.24, 2.45) is 0 Å². The number of amides is 1. The van der Waals surface area contributed by atoms with Crippen LogP contribution in [0.3, 0.4) is 0 Å². The molecule has 0 saturated heterocycles. The van der Waals surface area contributed by atoms with Crippen LogP contribution in [-0.4, -0.2) is 35.3 Å². The maximum atomic E-state index is 12.6. The first-order valence-corrected chi connectivity index (χ1v) is 9.50. The Morgan fingerprint density at radius 1 is 1.26 bits per heavy atom. The van der Waals surface area contributed by atoms with Crippen LogP contribution in [0.4, 0.5) is 0 Å². The van der Waals surface area contributed by atoms with Crippen molar-refractivity contribution < 1.29 is 14.3 Å². The highest BCUT2D eigenvalue weighted by Gasteiger charge is 2.20. The predicted molar refractivity (Wildman–Crippen MR) is 105 cm³/mol. The summed E-state index contributed by atoms with van der Waals surface area (Å²) in [6.07, 6.45) is 4.43. The number of hydrogen-bond acceptors (Lipinski definition) is 4. The summed E-state index contributed by atoms with van der Waals surface area (Å²) in [7, 11) is 1.39. The first-order chi connectivity index (χ1) is 12.9. The van der Waals surface area contributed by atoms with E-state index in [1.807, 2.05) is 32.0 Å². The van der Waals surface area contributed by atoms with E-state index in [1.165, 1.54) is 7.11 Å². The third kappa shape index (κ3) is 5.82. The highest BCUT2D eigenvalue weighted by atomic mass is 35.5. The zero-order chi connectivity index (χ0) is 19.8. The van der Waals surface area contributed by atoms with Crippen molar-refractivity contribution in [2.45, 2.75) is 45.4 Å². The van der Waals surface area contributed by atoms with E-state index in [2.05, 4.69) is 15.2 Å². The third-order valence-electron chi connectivity index (χ3n) is 4.22. The molecule has 7 heteroatoms. The number of aromatic nitrogens is 2.